The minimum Gasteiger partial charge on any atom is -0.497 e. The molecule has 0 saturated carbocycles. The summed E-state index contributed by atoms with van der Waals surface area (Å²) in [5.41, 5.74) is 6.31. The average molecular weight is 263 g/mol. The minimum atomic E-state index is -0.316. The third kappa shape index (κ3) is 6.62. The van der Waals surface area contributed by atoms with E-state index in [2.05, 4.69) is 0 Å². The number of unbranched alkanes of at least 4 members (excludes halogenated alkanes) is 2. The Morgan fingerprint density at radius 2 is 1.95 bits per heavy atom. The van der Waals surface area contributed by atoms with Crippen molar-refractivity contribution in [1.29, 1.82) is 0 Å². The number of hydrogen-bond acceptors (Lipinski definition) is 4. The zero-order valence-corrected chi connectivity index (χ0v) is 11.3. The zero-order valence-electron chi connectivity index (χ0n) is 11.3. The van der Waals surface area contributed by atoms with Crippen molar-refractivity contribution >= 4 is 12.0 Å². The van der Waals surface area contributed by atoms with E-state index in [9.17, 15) is 4.79 Å². The number of methoxy groups -OCH3 is 1. The standard InChI is InChI=1S/C15H21NO3/c1-18-14-8-5-13(6-9-14)7-10-15(17)19-12-4-2-3-11-16/h5-10H,2-4,11-12,16H2,1H3. The molecule has 1 aromatic rings. The van der Waals surface area contributed by atoms with Gasteiger partial charge in [-0.05, 0) is 49.6 Å². The molecule has 2 N–H and O–H groups in total. The highest BCUT2D eigenvalue weighted by Gasteiger charge is 1.97. The summed E-state index contributed by atoms with van der Waals surface area (Å²) >= 11 is 0. The van der Waals surface area contributed by atoms with Crippen LogP contribution < -0.4 is 10.5 Å². The average Bonchev–Trinajstić information content (AvgIpc) is 2.45. The van der Waals surface area contributed by atoms with Crippen molar-refractivity contribution in [1.82, 2.24) is 0 Å². The molecule has 0 bridgehead atoms. The van der Waals surface area contributed by atoms with Crippen molar-refractivity contribution in [2.45, 2.75) is 19.3 Å². The lowest BCUT2D eigenvalue weighted by molar-refractivity contribution is -0.137. The summed E-state index contributed by atoms with van der Waals surface area (Å²) in [6, 6.07) is 7.45. The first kappa shape index (κ1) is 15.2. The monoisotopic (exact) mass is 263 g/mol. The van der Waals surface area contributed by atoms with E-state index in [1.807, 2.05) is 24.3 Å². The first-order valence-electron chi connectivity index (χ1n) is 6.45. The number of ether oxygens (including phenoxy) is 2. The molecule has 0 aliphatic rings. The highest BCUT2D eigenvalue weighted by atomic mass is 16.5. The van der Waals surface area contributed by atoms with Crippen molar-refractivity contribution in [3.05, 3.63) is 35.9 Å². The molecule has 19 heavy (non-hydrogen) atoms. The molecular formula is C15H21NO3. The summed E-state index contributed by atoms with van der Waals surface area (Å²) < 4.78 is 10.1. The van der Waals surface area contributed by atoms with Gasteiger partial charge in [-0.2, -0.15) is 0 Å². The quantitative estimate of drug-likeness (QED) is 0.444. The normalized spacial score (nSPS) is 10.6. The van der Waals surface area contributed by atoms with Gasteiger partial charge in [0, 0.05) is 6.08 Å². The van der Waals surface area contributed by atoms with E-state index in [4.69, 9.17) is 15.2 Å². The minimum absolute atomic E-state index is 0.316. The third-order valence-electron chi connectivity index (χ3n) is 2.62. The van der Waals surface area contributed by atoms with Crippen LogP contribution in [0.3, 0.4) is 0 Å². The van der Waals surface area contributed by atoms with Gasteiger partial charge in [-0.3, -0.25) is 0 Å². The summed E-state index contributed by atoms with van der Waals surface area (Å²) in [5.74, 6) is 0.475. The summed E-state index contributed by atoms with van der Waals surface area (Å²) in [4.78, 5) is 11.4. The lowest BCUT2D eigenvalue weighted by atomic mass is 10.2. The summed E-state index contributed by atoms with van der Waals surface area (Å²) in [5, 5.41) is 0. The van der Waals surface area contributed by atoms with E-state index in [0.29, 0.717) is 13.2 Å². The number of carbonyl (C=O) groups excluding carboxylic acids is 1. The second kappa shape index (κ2) is 9.16. The van der Waals surface area contributed by atoms with Crippen LogP contribution in [0, 0.1) is 0 Å². The molecule has 104 valence electrons. The van der Waals surface area contributed by atoms with Crippen LogP contribution in [0.4, 0.5) is 0 Å². The second-order valence-electron chi connectivity index (χ2n) is 4.12. The van der Waals surface area contributed by atoms with Gasteiger partial charge in [0.2, 0.25) is 0 Å². The van der Waals surface area contributed by atoms with Gasteiger partial charge in [0.15, 0.2) is 0 Å². The molecule has 0 amide bonds. The van der Waals surface area contributed by atoms with Crippen molar-refractivity contribution in [3.63, 3.8) is 0 Å². The molecule has 0 fully saturated rings. The summed E-state index contributed by atoms with van der Waals surface area (Å²) in [6.45, 7) is 1.14. The van der Waals surface area contributed by atoms with Gasteiger partial charge >= 0.3 is 5.97 Å². The molecule has 0 aromatic heterocycles. The van der Waals surface area contributed by atoms with E-state index in [1.54, 1.807) is 13.2 Å². The molecule has 4 heteroatoms. The van der Waals surface area contributed by atoms with Crippen molar-refractivity contribution in [3.8, 4) is 5.75 Å². The van der Waals surface area contributed by atoms with Crippen LogP contribution in [0.15, 0.2) is 30.3 Å². The Bertz CT molecular complexity index is 398. The van der Waals surface area contributed by atoms with Crippen LogP contribution in [-0.2, 0) is 9.53 Å². The molecule has 0 atom stereocenters. The fraction of sp³-hybridized carbons (Fsp3) is 0.400. The van der Waals surface area contributed by atoms with Crippen molar-refractivity contribution < 1.29 is 14.3 Å². The summed E-state index contributed by atoms with van der Waals surface area (Å²) in [6.07, 6.45) is 5.98. The molecule has 0 spiro atoms. The van der Waals surface area contributed by atoms with Crippen molar-refractivity contribution in [2.75, 3.05) is 20.3 Å². The van der Waals surface area contributed by atoms with Crippen LogP contribution in [0.1, 0.15) is 24.8 Å². The second-order valence-corrected chi connectivity index (χ2v) is 4.12. The van der Waals surface area contributed by atoms with Gasteiger partial charge in [0.25, 0.3) is 0 Å². The molecule has 0 aliphatic carbocycles. The van der Waals surface area contributed by atoms with E-state index in [0.717, 1.165) is 30.6 Å². The molecule has 0 unspecified atom stereocenters. The molecule has 0 saturated heterocycles. The number of rotatable bonds is 8. The van der Waals surface area contributed by atoms with Gasteiger partial charge in [0.05, 0.1) is 13.7 Å². The van der Waals surface area contributed by atoms with Crippen LogP contribution in [-0.4, -0.2) is 26.2 Å². The van der Waals surface area contributed by atoms with Crippen LogP contribution in [0.2, 0.25) is 0 Å². The molecule has 0 aliphatic heterocycles. The molecular weight excluding hydrogens is 242 g/mol. The van der Waals surface area contributed by atoms with Gasteiger partial charge < -0.3 is 15.2 Å². The fourth-order valence-electron chi connectivity index (χ4n) is 1.52. The first-order chi connectivity index (χ1) is 9.26. The Balaban J connectivity index is 2.28. The lowest BCUT2D eigenvalue weighted by Crippen LogP contribution is -2.03. The largest absolute Gasteiger partial charge is 0.497 e. The Labute approximate surface area is 114 Å². The van der Waals surface area contributed by atoms with Gasteiger partial charge in [-0.1, -0.05) is 12.1 Å². The fourth-order valence-corrected chi connectivity index (χ4v) is 1.52. The lowest BCUT2D eigenvalue weighted by Gasteiger charge is -2.01. The SMILES string of the molecule is COc1ccc(C=CC(=O)OCCCCCN)cc1. The number of benzene rings is 1. The van der Waals surface area contributed by atoms with Gasteiger partial charge in [-0.15, -0.1) is 0 Å². The molecule has 1 rings (SSSR count). The van der Waals surface area contributed by atoms with Crippen LogP contribution in [0.25, 0.3) is 6.08 Å². The molecule has 0 radical (unpaired) electrons. The molecule has 1 aromatic carbocycles. The first-order valence-corrected chi connectivity index (χ1v) is 6.45. The molecule has 0 heterocycles. The summed E-state index contributed by atoms with van der Waals surface area (Å²) in [7, 11) is 1.62. The predicted octanol–water partition coefficient (Wildman–Crippen LogP) is 2.38. The van der Waals surface area contributed by atoms with E-state index >= 15 is 0 Å². The number of carbonyl (C=O) groups is 1. The van der Waals surface area contributed by atoms with Crippen molar-refractivity contribution in [2.24, 2.45) is 5.73 Å². The maximum Gasteiger partial charge on any atom is 0.330 e. The topological polar surface area (TPSA) is 61.5 Å². The Morgan fingerprint density at radius 3 is 2.58 bits per heavy atom. The highest BCUT2D eigenvalue weighted by molar-refractivity contribution is 5.87. The Kier molecular flexibility index (Phi) is 7.35. The van der Waals surface area contributed by atoms with E-state index < -0.39 is 0 Å². The van der Waals surface area contributed by atoms with Crippen LogP contribution in [0.5, 0.6) is 5.75 Å². The van der Waals surface area contributed by atoms with Gasteiger partial charge in [-0.25, -0.2) is 4.79 Å². The van der Waals surface area contributed by atoms with Crippen LogP contribution >= 0.6 is 0 Å². The smallest absolute Gasteiger partial charge is 0.330 e. The van der Waals surface area contributed by atoms with E-state index in [-0.39, 0.29) is 5.97 Å². The van der Waals surface area contributed by atoms with E-state index in [1.165, 1.54) is 6.08 Å². The maximum atomic E-state index is 11.4. The highest BCUT2D eigenvalue weighted by Crippen LogP contribution is 2.12. The maximum absolute atomic E-state index is 11.4. The number of esters is 1. The predicted molar refractivity (Wildman–Crippen MR) is 75.9 cm³/mol. The zero-order chi connectivity index (χ0) is 13.9. The Hall–Kier alpha value is -1.81. The Morgan fingerprint density at radius 1 is 1.21 bits per heavy atom. The van der Waals surface area contributed by atoms with Gasteiger partial charge in [0.1, 0.15) is 5.75 Å². The molecule has 4 nitrogen and oxygen atoms in total. The number of nitrogens with two attached hydrogens (primary N) is 1. The third-order valence-corrected chi connectivity index (χ3v) is 2.62. The number of hydrogen-bond donors (Lipinski definition) is 1.